The third kappa shape index (κ3) is 4.10. The number of fused-ring (bicyclic) bond motifs is 2. The van der Waals surface area contributed by atoms with Gasteiger partial charge in [0.25, 0.3) is 5.91 Å². The zero-order chi connectivity index (χ0) is 26.1. The van der Waals surface area contributed by atoms with E-state index in [1.807, 2.05) is 72.0 Å². The molecule has 184 valence electrons. The van der Waals surface area contributed by atoms with Gasteiger partial charge in [0.05, 0.1) is 23.1 Å². The lowest BCUT2D eigenvalue weighted by Crippen LogP contribution is -2.28. The van der Waals surface area contributed by atoms with Gasteiger partial charge in [0.15, 0.2) is 11.5 Å². The van der Waals surface area contributed by atoms with E-state index in [9.17, 15) is 4.79 Å². The molecule has 3 N–H and O–H groups in total. The number of pyridine rings is 2. The Morgan fingerprint density at radius 3 is 2.61 bits per heavy atom. The van der Waals surface area contributed by atoms with Crippen LogP contribution in [-0.4, -0.2) is 34.9 Å². The number of amides is 1. The maximum Gasteiger partial charge on any atom is 0.259 e. The second-order valence-corrected chi connectivity index (χ2v) is 8.65. The lowest BCUT2D eigenvalue weighted by Gasteiger charge is -2.14. The van der Waals surface area contributed by atoms with Crippen molar-refractivity contribution in [2.45, 2.75) is 13.0 Å². The molecule has 9 nitrogen and oxygen atoms in total. The fourth-order valence-corrected chi connectivity index (χ4v) is 4.41. The summed E-state index contributed by atoms with van der Waals surface area (Å²) in [6, 6.07) is 20.7. The largest absolute Gasteiger partial charge is 0.381 e. The van der Waals surface area contributed by atoms with Gasteiger partial charge in [0.2, 0.25) is 0 Å². The second-order valence-electron chi connectivity index (χ2n) is 8.65. The first-order valence-corrected chi connectivity index (χ1v) is 12.0. The molecule has 9 heteroatoms. The van der Waals surface area contributed by atoms with Crippen LogP contribution in [0.3, 0.4) is 0 Å². The third-order valence-electron chi connectivity index (χ3n) is 6.14. The first-order chi connectivity index (χ1) is 18.6. The minimum Gasteiger partial charge on any atom is -0.381 e. The van der Waals surface area contributed by atoms with Crippen molar-refractivity contribution in [2.75, 3.05) is 5.73 Å². The number of benzene rings is 1. The van der Waals surface area contributed by atoms with Gasteiger partial charge >= 0.3 is 0 Å². The highest BCUT2D eigenvalue weighted by molar-refractivity contribution is 6.04. The van der Waals surface area contributed by atoms with Crippen LogP contribution in [0.25, 0.3) is 22.6 Å². The Kier molecular flexibility index (Phi) is 5.75. The van der Waals surface area contributed by atoms with Crippen LogP contribution in [-0.2, 0) is 0 Å². The number of rotatable bonds is 4. The molecule has 0 spiro atoms. The van der Waals surface area contributed by atoms with Gasteiger partial charge in [0.1, 0.15) is 11.2 Å². The van der Waals surface area contributed by atoms with Crippen LogP contribution < -0.4 is 11.1 Å². The van der Waals surface area contributed by atoms with Gasteiger partial charge in [-0.15, -0.1) is 5.10 Å². The van der Waals surface area contributed by atoms with Crippen molar-refractivity contribution in [3.8, 4) is 23.1 Å². The van der Waals surface area contributed by atoms with E-state index in [4.69, 9.17) is 10.7 Å². The molecule has 0 saturated carbocycles. The fraction of sp³-hybridized carbons (Fsp3) is 0.0690. The minimum atomic E-state index is -0.461. The second kappa shape index (κ2) is 9.52. The first-order valence-electron chi connectivity index (χ1n) is 12.0. The van der Waals surface area contributed by atoms with Crippen molar-refractivity contribution < 1.29 is 4.79 Å². The van der Waals surface area contributed by atoms with E-state index in [1.165, 1.54) is 4.52 Å². The van der Waals surface area contributed by atoms with Crippen molar-refractivity contribution in [2.24, 2.45) is 0 Å². The Labute approximate surface area is 218 Å². The topological polar surface area (TPSA) is 116 Å². The van der Waals surface area contributed by atoms with Crippen molar-refractivity contribution in [3.05, 3.63) is 114 Å². The lowest BCUT2D eigenvalue weighted by atomic mass is 10.1. The van der Waals surface area contributed by atoms with Crippen LogP contribution in [0.4, 0.5) is 5.82 Å². The van der Waals surface area contributed by atoms with Gasteiger partial charge in [-0.1, -0.05) is 42.3 Å². The fourth-order valence-electron chi connectivity index (χ4n) is 4.41. The molecule has 0 unspecified atom stereocenters. The molecule has 38 heavy (non-hydrogen) atoms. The number of nitrogens with two attached hydrogens (primary N) is 1. The number of nitrogens with zero attached hydrogens (tertiary/aromatic N) is 6. The predicted octanol–water partition coefficient (Wildman–Crippen LogP) is 3.91. The molecule has 1 atom stereocenters. The molecule has 0 aliphatic carbocycles. The average molecular weight is 499 g/mol. The third-order valence-corrected chi connectivity index (χ3v) is 6.14. The number of aromatic nitrogens is 6. The van der Waals surface area contributed by atoms with Crippen LogP contribution in [0.2, 0.25) is 0 Å². The number of nitrogen functional groups attached to an aromatic ring is 1. The van der Waals surface area contributed by atoms with E-state index in [1.54, 1.807) is 30.9 Å². The molecule has 0 radical (unpaired) electrons. The van der Waals surface area contributed by atoms with Crippen molar-refractivity contribution in [1.29, 1.82) is 0 Å². The lowest BCUT2D eigenvalue weighted by molar-refractivity contribution is 0.0941. The summed E-state index contributed by atoms with van der Waals surface area (Å²) < 4.78 is 3.51. The number of hydrogen-bond acceptors (Lipinski definition) is 6. The van der Waals surface area contributed by atoms with Crippen LogP contribution in [0, 0.1) is 11.8 Å². The SMILES string of the molecule is C[C@H](NC(=O)c1c(N)nn2cccnc12)c1nc2cccc(C#Cc3ccncc3)n2c1-c1ccccc1. The number of anilines is 1. The molecular weight excluding hydrogens is 476 g/mol. The van der Waals surface area contributed by atoms with Crippen LogP contribution in [0.1, 0.15) is 40.3 Å². The summed E-state index contributed by atoms with van der Waals surface area (Å²) in [5.41, 5.74) is 11.5. The van der Waals surface area contributed by atoms with Crippen molar-refractivity contribution in [3.63, 3.8) is 0 Å². The van der Waals surface area contributed by atoms with Crippen LogP contribution in [0.15, 0.2) is 91.5 Å². The van der Waals surface area contributed by atoms with E-state index in [-0.39, 0.29) is 17.3 Å². The van der Waals surface area contributed by atoms with Crippen molar-refractivity contribution in [1.82, 2.24) is 34.3 Å². The van der Waals surface area contributed by atoms with E-state index in [0.29, 0.717) is 11.3 Å². The van der Waals surface area contributed by atoms with Crippen LogP contribution >= 0.6 is 0 Å². The molecule has 0 aliphatic heterocycles. The van der Waals surface area contributed by atoms with E-state index >= 15 is 0 Å². The normalized spacial score (nSPS) is 11.7. The highest BCUT2D eigenvalue weighted by Gasteiger charge is 2.25. The molecule has 5 aromatic heterocycles. The average Bonchev–Trinajstić information content (AvgIpc) is 3.50. The summed E-state index contributed by atoms with van der Waals surface area (Å²) in [6.45, 7) is 1.89. The van der Waals surface area contributed by atoms with Gasteiger partial charge in [-0.2, -0.15) is 0 Å². The maximum absolute atomic E-state index is 13.4. The number of carbonyl (C=O) groups excluding carboxylic acids is 1. The molecule has 0 fully saturated rings. The zero-order valence-electron chi connectivity index (χ0n) is 20.4. The Balaban J connectivity index is 1.45. The molecule has 1 aromatic carbocycles. The smallest absolute Gasteiger partial charge is 0.259 e. The standard InChI is InChI=1S/C29H22N8O/c1-19(33-29(38)24-27(30)35-36-18-6-15-32-28(24)36)25-26(21-7-3-2-4-8-21)37-22(9-5-10-23(37)34-25)12-11-20-13-16-31-17-14-20/h2-10,13-19H,1H3,(H2,30,35)(H,33,38)/t19-/m0/s1. The molecule has 0 saturated heterocycles. The van der Waals surface area contributed by atoms with Gasteiger partial charge in [-0.25, -0.2) is 14.5 Å². The molecule has 0 bridgehead atoms. The van der Waals surface area contributed by atoms with Crippen molar-refractivity contribution >= 4 is 23.0 Å². The van der Waals surface area contributed by atoms with Gasteiger partial charge in [-0.3, -0.25) is 14.2 Å². The van der Waals surface area contributed by atoms with E-state index < -0.39 is 6.04 Å². The highest BCUT2D eigenvalue weighted by atomic mass is 16.1. The summed E-state index contributed by atoms with van der Waals surface area (Å²) in [7, 11) is 0. The number of nitrogens with one attached hydrogen (secondary N) is 1. The maximum atomic E-state index is 13.4. The summed E-state index contributed by atoms with van der Waals surface area (Å²) in [6.07, 6.45) is 6.72. The summed E-state index contributed by atoms with van der Waals surface area (Å²) in [5.74, 6) is 6.22. The van der Waals surface area contributed by atoms with Gasteiger partial charge < -0.3 is 11.1 Å². The van der Waals surface area contributed by atoms with Gasteiger partial charge in [0, 0.05) is 35.9 Å². The monoisotopic (exact) mass is 498 g/mol. The van der Waals surface area contributed by atoms with Crippen LogP contribution in [0.5, 0.6) is 0 Å². The molecule has 6 aromatic rings. The Morgan fingerprint density at radius 1 is 0.974 bits per heavy atom. The highest BCUT2D eigenvalue weighted by Crippen LogP contribution is 2.31. The molecule has 1 amide bonds. The minimum absolute atomic E-state index is 0.111. The Morgan fingerprint density at radius 2 is 1.79 bits per heavy atom. The predicted molar refractivity (Wildman–Crippen MR) is 144 cm³/mol. The number of imidazole rings is 1. The number of hydrogen-bond donors (Lipinski definition) is 2. The van der Waals surface area contributed by atoms with Gasteiger partial charge in [-0.05, 0) is 43.2 Å². The summed E-state index contributed by atoms with van der Waals surface area (Å²) >= 11 is 0. The zero-order valence-corrected chi connectivity index (χ0v) is 20.4. The molecule has 5 heterocycles. The summed E-state index contributed by atoms with van der Waals surface area (Å²) in [5, 5.41) is 7.25. The number of carbonyl (C=O) groups is 1. The van der Waals surface area contributed by atoms with E-state index in [0.717, 1.165) is 28.2 Å². The molecule has 6 rings (SSSR count). The van der Waals surface area contributed by atoms with E-state index in [2.05, 4.69) is 32.2 Å². The Bertz CT molecular complexity index is 1850. The quantitative estimate of drug-likeness (QED) is 0.356. The molecular formula is C29H22N8O. The molecule has 0 aliphatic rings. The Hall–Kier alpha value is -5.49. The summed E-state index contributed by atoms with van der Waals surface area (Å²) in [4.78, 5) is 26.6. The first kappa shape index (κ1) is 22.9.